The van der Waals surface area contributed by atoms with Crippen molar-refractivity contribution in [2.45, 2.75) is 33.1 Å². The van der Waals surface area contributed by atoms with Crippen molar-refractivity contribution < 1.29 is 9.53 Å². The van der Waals surface area contributed by atoms with Gasteiger partial charge in [0, 0.05) is 0 Å². The van der Waals surface area contributed by atoms with Crippen LogP contribution in [0.4, 0.5) is 0 Å². The molecule has 0 fully saturated rings. The summed E-state index contributed by atoms with van der Waals surface area (Å²) < 4.78 is 5.00. The molecule has 2 nitrogen and oxygen atoms in total. The number of hydrogen-bond acceptors (Lipinski definition) is 2. The van der Waals surface area contributed by atoms with Crippen LogP contribution in [0.1, 0.15) is 37.8 Å². The first kappa shape index (κ1) is 15.2. The van der Waals surface area contributed by atoms with Gasteiger partial charge in [-0.25, -0.2) is 0 Å². The van der Waals surface area contributed by atoms with Gasteiger partial charge >= 0.3 is 5.97 Å². The Labute approximate surface area is 115 Å². The molecule has 0 spiro atoms. The van der Waals surface area contributed by atoms with E-state index in [1.165, 1.54) is 11.8 Å². The van der Waals surface area contributed by atoms with Gasteiger partial charge in [-0.3, -0.25) is 4.79 Å². The zero-order valence-corrected chi connectivity index (χ0v) is 11.9. The minimum absolute atomic E-state index is 0.255. The summed E-state index contributed by atoms with van der Waals surface area (Å²) in [6, 6.07) is 8.17. The third-order valence-electron chi connectivity index (χ3n) is 2.88. The fraction of sp³-hybridized carbons (Fsp3) is 0.353. The monoisotopic (exact) mass is 258 g/mol. The van der Waals surface area contributed by atoms with Gasteiger partial charge in [-0.05, 0) is 36.5 Å². The molecule has 1 aromatic rings. The SMILES string of the molecule is C=C/C=C/OC(=O)C(C)c1ccc(CC(C)C)cc1. The van der Waals surface area contributed by atoms with E-state index in [1.807, 2.05) is 19.1 Å². The standard InChI is InChI=1S/C17H22O2/c1-5-6-11-19-17(18)14(4)16-9-7-15(8-10-16)12-13(2)3/h5-11,13-14H,1,12H2,2-4H3/b11-6+. The Hall–Kier alpha value is -1.83. The van der Waals surface area contributed by atoms with Gasteiger partial charge in [-0.15, -0.1) is 0 Å². The molecular weight excluding hydrogens is 236 g/mol. The van der Waals surface area contributed by atoms with Crippen LogP contribution in [0.3, 0.4) is 0 Å². The van der Waals surface area contributed by atoms with Gasteiger partial charge in [0.05, 0.1) is 12.2 Å². The van der Waals surface area contributed by atoms with Crippen molar-refractivity contribution >= 4 is 5.97 Å². The molecule has 0 saturated heterocycles. The second kappa shape index (κ2) is 7.57. The van der Waals surface area contributed by atoms with Crippen LogP contribution in [-0.4, -0.2) is 5.97 Å². The van der Waals surface area contributed by atoms with E-state index in [0.29, 0.717) is 5.92 Å². The lowest BCUT2D eigenvalue weighted by Crippen LogP contribution is -2.10. The molecule has 0 amide bonds. The first-order chi connectivity index (χ1) is 9.04. The summed E-state index contributed by atoms with van der Waals surface area (Å²) in [5.41, 5.74) is 2.27. The zero-order chi connectivity index (χ0) is 14.3. The van der Waals surface area contributed by atoms with Crippen molar-refractivity contribution in [1.82, 2.24) is 0 Å². The number of allylic oxidation sites excluding steroid dienone is 2. The van der Waals surface area contributed by atoms with Gasteiger partial charge in [-0.2, -0.15) is 0 Å². The number of carbonyl (C=O) groups excluding carboxylic acids is 1. The van der Waals surface area contributed by atoms with Gasteiger partial charge in [-0.1, -0.05) is 50.8 Å². The molecule has 0 radical (unpaired) electrons. The number of carbonyl (C=O) groups is 1. The van der Waals surface area contributed by atoms with Crippen LogP contribution >= 0.6 is 0 Å². The predicted octanol–water partition coefficient (Wildman–Crippen LogP) is 4.23. The number of ether oxygens (including phenoxy) is 1. The maximum Gasteiger partial charge on any atom is 0.317 e. The third-order valence-corrected chi connectivity index (χ3v) is 2.88. The molecule has 102 valence electrons. The molecule has 0 aromatic heterocycles. The zero-order valence-electron chi connectivity index (χ0n) is 11.9. The third kappa shape index (κ3) is 5.12. The lowest BCUT2D eigenvalue weighted by molar-refractivity contribution is -0.139. The van der Waals surface area contributed by atoms with Crippen LogP contribution in [0, 0.1) is 5.92 Å². The lowest BCUT2D eigenvalue weighted by Gasteiger charge is -2.11. The van der Waals surface area contributed by atoms with E-state index in [4.69, 9.17) is 4.74 Å². The minimum atomic E-state index is -0.262. The largest absolute Gasteiger partial charge is 0.434 e. The number of hydrogen-bond donors (Lipinski definition) is 0. The van der Waals surface area contributed by atoms with E-state index in [0.717, 1.165) is 12.0 Å². The average Bonchev–Trinajstić information content (AvgIpc) is 2.38. The van der Waals surface area contributed by atoms with Gasteiger partial charge in [0.2, 0.25) is 0 Å². The highest BCUT2D eigenvalue weighted by Gasteiger charge is 2.15. The molecule has 19 heavy (non-hydrogen) atoms. The van der Waals surface area contributed by atoms with Gasteiger partial charge in [0.25, 0.3) is 0 Å². The number of rotatable bonds is 6. The van der Waals surface area contributed by atoms with Crippen molar-refractivity contribution in [1.29, 1.82) is 0 Å². The lowest BCUT2D eigenvalue weighted by atomic mass is 9.97. The Morgan fingerprint density at radius 3 is 2.42 bits per heavy atom. The van der Waals surface area contributed by atoms with Crippen LogP contribution in [0.5, 0.6) is 0 Å². The average molecular weight is 258 g/mol. The van der Waals surface area contributed by atoms with E-state index in [1.54, 1.807) is 12.2 Å². The Morgan fingerprint density at radius 1 is 1.26 bits per heavy atom. The summed E-state index contributed by atoms with van der Waals surface area (Å²) in [6.07, 6.45) is 5.58. The molecule has 1 rings (SSSR count). The summed E-state index contributed by atoms with van der Waals surface area (Å²) in [6.45, 7) is 9.75. The van der Waals surface area contributed by atoms with Crippen molar-refractivity contribution in [3.8, 4) is 0 Å². The molecule has 1 unspecified atom stereocenters. The van der Waals surface area contributed by atoms with Gasteiger partial charge in [0.15, 0.2) is 0 Å². The molecule has 0 saturated carbocycles. The summed E-state index contributed by atoms with van der Waals surface area (Å²) in [5.74, 6) is 0.120. The molecule has 2 heteroatoms. The first-order valence-electron chi connectivity index (χ1n) is 6.61. The maximum atomic E-state index is 11.8. The van der Waals surface area contributed by atoms with Crippen molar-refractivity contribution in [2.75, 3.05) is 0 Å². The smallest absolute Gasteiger partial charge is 0.317 e. The number of benzene rings is 1. The van der Waals surface area contributed by atoms with Crippen LogP contribution in [0.2, 0.25) is 0 Å². The van der Waals surface area contributed by atoms with Crippen molar-refractivity contribution in [2.24, 2.45) is 5.92 Å². The Kier molecular flexibility index (Phi) is 6.07. The molecule has 0 aliphatic rings. The minimum Gasteiger partial charge on any atom is -0.434 e. The summed E-state index contributed by atoms with van der Waals surface area (Å²) in [7, 11) is 0. The first-order valence-corrected chi connectivity index (χ1v) is 6.61. The molecule has 0 aliphatic heterocycles. The van der Waals surface area contributed by atoms with Crippen LogP contribution in [0.15, 0.2) is 49.3 Å². The van der Waals surface area contributed by atoms with Crippen molar-refractivity contribution in [3.05, 3.63) is 60.4 Å². The Balaban J connectivity index is 2.66. The molecule has 1 aromatic carbocycles. The predicted molar refractivity (Wildman–Crippen MR) is 78.8 cm³/mol. The molecule has 0 N–H and O–H groups in total. The second-order valence-electron chi connectivity index (χ2n) is 5.06. The summed E-state index contributed by atoms with van der Waals surface area (Å²) >= 11 is 0. The van der Waals surface area contributed by atoms with E-state index in [-0.39, 0.29) is 11.9 Å². The van der Waals surface area contributed by atoms with Gasteiger partial charge < -0.3 is 4.74 Å². The molecule has 0 aliphatic carbocycles. The molecule has 0 heterocycles. The van der Waals surface area contributed by atoms with Crippen LogP contribution in [-0.2, 0) is 16.0 Å². The fourth-order valence-electron chi connectivity index (χ4n) is 1.81. The molecule has 0 bridgehead atoms. The normalized spacial score (nSPS) is 12.6. The highest BCUT2D eigenvalue weighted by atomic mass is 16.5. The number of esters is 1. The fourth-order valence-corrected chi connectivity index (χ4v) is 1.81. The van der Waals surface area contributed by atoms with Crippen LogP contribution < -0.4 is 0 Å². The summed E-state index contributed by atoms with van der Waals surface area (Å²) in [4.78, 5) is 11.8. The Bertz CT molecular complexity index is 441. The van der Waals surface area contributed by atoms with Crippen LogP contribution in [0.25, 0.3) is 0 Å². The van der Waals surface area contributed by atoms with E-state index < -0.39 is 0 Å². The van der Waals surface area contributed by atoms with Gasteiger partial charge in [0.1, 0.15) is 0 Å². The second-order valence-corrected chi connectivity index (χ2v) is 5.06. The van der Waals surface area contributed by atoms with E-state index in [9.17, 15) is 4.79 Å². The van der Waals surface area contributed by atoms with E-state index >= 15 is 0 Å². The topological polar surface area (TPSA) is 26.3 Å². The molecular formula is C17H22O2. The quantitative estimate of drug-likeness (QED) is 0.433. The highest BCUT2D eigenvalue weighted by molar-refractivity contribution is 5.78. The van der Waals surface area contributed by atoms with Crippen molar-refractivity contribution in [3.63, 3.8) is 0 Å². The maximum absolute atomic E-state index is 11.8. The highest BCUT2D eigenvalue weighted by Crippen LogP contribution is 2.18. The van der Waals surface area contributed by atoms with E-state index in [2.05, 4.69) is 32.6 Å². The molecule has 1 atom stereocenters. The summed E-state index contributed by atoms with van der Waals surface area (Å²) in [5, 5.41) is 0. The Morgan fingerprint density at radius 2 is 1.89 bits per heavy atom.